The van der Waals surface area contributed by atoms with Crippen LogP contribution in [0.2, 0.25) is 0 Å². The van der Waals surface area contributed by atoms with Gasteiger partial charge < -0.3 is 10.4 Å². The van der Waals surface area contributed by atoms with Gasteiger partial charge in [-0.15, -0.1) is 0 Å². The molecule has 1 aromatic rings. The number of aromatic carboxylic acids is 1. The number of carboxylic acid groups (broad SMARTS) is 1. The molecule has 0 heterocycles. The van der Waals surface area contributed by atoms with Crippen LogP contribution in [0.5, 0.6) is 0 Å². The van der Waals surface area contributed by atoms with Gasteiger partial charge in [0.2, 0.25) is 0 Å². The van der Waals surface area contributed by atoms with Gasteiger partial charge >= 0.3 is 5.97 Å². The highest BCUT2D eigenvalue weighted by atomic mass is 16.4. The average molecular weight is 263 g/mol. The van der Waals surface area contributed by atoms with Gasteiger partial charge in [-0.05, 0) is 56.4 Å². The Morgan fingerprint density at radius 1 is 1.21 bits per heavy atom. The van der Waals surface area contributed by atoms with Crippen LogP contribution in [0.1, 0.15) is 57.0 Å². The highest BCUT2D eigenvalue weighted by molar-refractivity contribution is 5.88. The van der Waals surface area contributed by atoms with E-state index >= 15 is 0 Å². The summed E-state index contributed by atoms with van der Waals surface area (Å²) in [6.07, 6.45) is 1.03. The number of hydrogen-bond donors (Lipinski definition) is 2. The molecular weight excluding hydrogens is 238 g/mol. The predicted molar refractivity (Wildman–Crippen MR) is 79.9 cm³/mol. The van der Waals surface area contributed by atoms with E-state index in [1.807, 2.05) is 13.0 Å². The van der Waals surface area contributed by atoms with Gasteiger partial charge in [-0.2, -0.15) is 0 Å². The molecule has 0 saturated heterocycles. The van der Waals surface area contributed by atoms with Crippen molar-refractivity contribution in [3.63, 3.8) is 0 Å². The van der Waals surface area contributed by atoms with Crippen molar-refractivity contribution < 1.29 is 9.90 Å². The van der Waals surface area contributed by atoms with Gasteiger partial charge in [0, 0.05) is 11.2 Å². The van der Waals surface area contributed by atoms with Crippen LogP contribution >= 0.6 is 0 Å². The van der Waals surface area contributed by atoms with Crippen molar-refractivity contribution in [3.05, 3.63) is 29.3 Å². The van der Waals surface area contributed by atoms with Crippen molar-refractivity contribution in [1.29, 1.82) is 0 Å². The number of benzene rings is 1. The molecule has 106 valence electrons. The Morgan fingerprint density at radius 2 is 1.79 bits per heavy atom. The Bertz CT molecular complexity index is 470. The molecule has 1 aromatic carbocycles. The molecule has 0 aliphatic carbocycles. The number of hydrogen-bond acceptors (Lipinski definition) is 2. The Balaban J connectivity index is 2.91. The van der Waals surface area contributed by atoms with Crippen LogP contribution in [0.4, 0.5) is 5.69 Å². The molecule has 0 amide bonds. The third kappa shape index (κ3) is 4.93. The Kier molecular flexibility index (Phi) is 4.28. The van der Waals surface area contributed by atoms with E-state index in [1.165, 1.54) is 0 Å². The van der Waals surface area contributed by atoms with Crippen LogP contribution in [0, 0.1) is 12.3 Å². The van der Waals surface area contributed by atoms with E-state index in [2.05, 4.69) is 39.9 Å². The first-order valence-corrected chi connectivity index (χ1v) is 6.62. The summed E-state index contributed by atoms with van der Waals surface area (Å²) in [5, 5.41) is 12.5. The summed E-state index contributed by atoms with van der Waals surface area (Å²) in [6.45, 7) is 12.9. The third-order valence-corrected chi connectivity index (χ3v) is 2.92. The predicted octanol–water partition coefficient (Wildman–Crippen LogP) is 4.32. The van der Waals surface area contributed by atoms with Gasteiger partial charge in [0.25, 0.3) is 0 Å². The molecule has 0 aliphatic rings. The summed E-state index contributed by atoms with van der Waals surface area (Å²) in [6, 6.07) is 5.20. The van der Waals surface area contributed by atoms with Crippen molar-refractivity contribution in [3.8, 4) is 0 Å². The lowest BCUT2D eigenvalue weighted by atomic mass is 9.81. The monoisotopic (exact) mass is 263 g/mol. The van der Waals surface area contributed by atoms with E-state index in [0.717, 1.165) is 17.7 Å². The highest BCUT2D eigenvalue weighted by Gasteiger charge is 2.25. The second-order valence-electron chi connectivity index (χ2n) is 7.08. The fourth-order valence-corrected chi connectivity index (χ4v) is 2.67. The van der Waals surface area contributed by atoms with Crippen molar-refractivity contribution in [2.24, 2.45) is 5.41 Å². The van der Waals surface area contributed by atoms with Gasteiger partial charge in [-0.3, -0.25) is 0 Å². The smallest absolute Gasteiger partial charge is 0.335 e. The largest absolute Gasteiger partial charge is 0.478 e. The summed E-state index contributed by atoms with van der Waals surface area (Å²) in [4.78, 5) is 10.9. The van der Waals surface area contributed by atoms with E-state index in [4.69, 9.17) is 5.11 Å². The Labute approximate surface area is 116 Å². The zero-order chi connectivity index (χ0) is 14.8. The molecule has 1 rings (SSSR count). The fourth-order valence-electron chi connectivity index (χ4n) is 2.67. The zero-order valence-electron chi connectivity index (χ0n) is 12.8. The quantitative estimate of drug-likeness (QED) is 0.850. The number of anilines is 1. The van der Waals surface area contributed by atoms with E-state index in [-0.39, 0.29) is 11.0 Å². The first-order chi connectivity index (χ1) is 8.50. The Hall–Kier alpha value is -1.51. The molecular formula is C16H25NO2. The maximum Gasteiger partial charge on any atom is 0.335 e. The number of carbonyl (C=O) groups is 1. The molecule has 0 unspecified atom stereocenters. The molecule has 2 N–H and O–H groups in total. The van der Waals surface area contributed by atoms with Crippen LogP contribution in [-0.2, 0) is 0 Å². The average Bonchev–Trinajstić information content (AvgIpc) is 2.16. The lowest BCUT2D eigenvalue weighted by molar-refractivity contribution is 0.0697. The van der Waals surface area contributed by atoms with E-state index < -0.39 is 5.97 Å². The maximum absolute atomic E-state index is 10.9. The summed E-state index contributed by atoms with van der Waals surface area (Å²) < 4.78 is 0. The van der Waals surface area contributed by atoms with Crippen LogP contribution in [0.15, 0.2) is 18.2 Å². The van der Waals surface area contributed by atoms with E-state index in [9.17, 15) is 4.79 Å². The minimum absolute atomic E-state index is 0.0340. The van der Waals surface area contributed by atoms with Gasteiger partial charge in [0.1, 0.15) is 0 Å². The van der Waals surface area contributed by atoms with Gasteiger partial charge in [-0.25, -0.2) is 4.79 Å². The molecule has 0 fully saturated rings. The normalized spacial score (nSPS) is 12.3. The Morgan fingerprint density at radius 3 is 2.21 bits per heavy atom. The molecule has 0 atom stereocenters. The molecule has 0 saturated carbocycles. The van der Waals surface area contributed by atoms with Crippen LogP contribution in [-0.4, -0.2) is 16.6 Å². The topological polar surface area (TPSA) is 49.3 Å². The molecule has 19 heavy (non-hydrogen) atoms. The molecule has 0 aromatic heterocycles. The van der Waals surface area contributed by atoms with Crippen molar-refractivity contribution >= 4 is 11.7 Å². The highest BCUT2D eigenvalue weighted by Crippen LogP contribution is 2.30. The summed E-state index contributed by atoms with van der Waals surface area (Å²) in [5.41, 5.74) is 2.50. The third-order valence-electron chi connectivity index (χ3n) is 2.92. The number of nitrogens with one attached hydrogen (secondary N) is 1. The van der Waals surface area contributed by atoms with Gasteiger partial charge in [-0.1, -0.05) is 20.8 Å². The number of aryl methyl sites for hydroxylation is 1. The van der Waals surface area contributed by atoms with Crippen molar-refractivity contribution in [2.45, 2.75) is 53.5 Å². The number of rotatable bonds is 4. The minimum atomic E-state index is -0.886. The SMILES string of the molecule is Cc1cc(C(=O)O)ccc1NC(C)(C)CC(C)(C)C. The first-order valence-electron chi connectivity index (χ1n) is 6.62. The molecule has 0 radical (unpaired) electrons. The molecule has 0 aliphatic heterocycles. The molecule has 3 heteroatoms. The lowest BCUT2D eigenvalue weighted by Crippen LogP contribution is -2.35. The van der Waals surface area contributed by atoms with Crippen LogP contribution in [0.25, 0.3) is 0 Å². The summed E-state index contributed by atoms with van der Waals surface area (Å²) in [7, 11) is 0. The van der Waals surface area contributed by atoms with Crippen molar-refractivity contribution in [1.82, 2.24) is 0 Å². The second-order valence-corrected chi connectivity index (χ2v) is 7.08. The molecule has 3 nitrogen and oxygen atoms in total. The van der Waals surface area contributed by atoms with Crippen LogP contribution < -0.4 is 5.32 Å². The standard InChI is InChI=1S/C16H25NO2/c1-11-9-12(14(18)19)7-8-13(11)17-16(5,6)10-15(2,3)4/h7-9,17H,10H2,1-6H3,(H,18,19). The molecule has 0 spiro atoms. The van der Waals surface area contributed by atoms with Crippen LogP contribution in [0.3, 0.4) is 0 Å². The van der Waals surface area contributed by atoms with Gasteiger partial charge in [0.15, 0.2) is 0 Å². The summed E-state index contributed by atoms with van der Waals surface area (Å²) in [5.74, 6) is -0.886. The van der Waals surface area contributed by atoms with Gasteiger partial charge in [0.05, 0.1) is 5.56 Å². The maximum atomic E-state index is 10.9. The zero-order valence-corrected chi connectivity index (χ0v) is 12.8. The van der Waals surface area contributed by atoms with E-state index in [1.54, 1.807) is 12.1 Å². The lowest BCUT2D eigenvalue weighted by Gasteiger charge is -2.34. The van der Waals surface area contributed by atoms with Crippen molar-refractivity contribution in [2.75, 3.05) is 5.32 Å². The second kappa shape index (κ2) is 5.24. The minimum Gasteiger partial charge on any atom is -0.478 e. The first kappa shape index (κ1) is 15.5. The van der Waals surface area contributed by atoms with E-state index in [0.29, 0.717) is 5.56 Å². The number of carboxylic acids is 1. The summed E-state index contributed by atoms with van der Waals surface area (Å²) >= 11 is 0. The fraction of sp³-hybridized carbons (Fsp3) is 0.562. The molecule has 0 bridgehead atoms.